The maximum Gasteiger partial charge on any atom is 0.268 e. The van der Waals surface area contributed by atoms with Crippen LogP contribution in [0.2, 0.25) is 0 Å². The van der Waals surface area contributed by atoms with Gasteiger partial charge in [0.05, 0.1) is 0 Å². The summed E-state index contributed by atoms with van der Waals surface area (Å²) < 4.78 is 0. The summed E-state index contributed by atoms with van der Waals surface area (Å²) in [6.07, 6.45) is 0. The monoisotopic (exact) mass is 572 g/mol. The van der Waals surface area contributed by atoms with E-state index in [1.165, 1.54) is 31.8 Å². The van der Waals surface area contributed by atoms with Gasteiger partial charge in [-0.25, -0.2) is 0 Å². The molecule has 0 spiro atoms. The molecule has 0 aliphatic heterocycles. The van der Waals surface area contributed by atoms with Gasteiger partial charge in [-0.05, 0) is 84.4 Å². The van der Waals surface area contributed by atoms with Crippen LogP contribution in [0.25, 0.3) is 0 Å². The summed E-state index contributed by atoms with van der Waals surface area (Å²) in [5, 5.41) is 7.75. The first-order valence-corrected chi connectivity index (χ1v) is 17.7. The van der Waals surface area contributed by atoms with Crippen LogP contribution < -0.4 is 31.8 Å². The summed E-state index contributed by atoms with van der Waals surface area (Å²) in [5.74, 6) is 0. The summed E-state index contributed by atoms with van der Waals surface area (Å²) in [6.45, 7) is 0. The molecule has 3 heteroatoms. The van der Waals surface area contributed by atoms with Crippen molar-refractivity contribution in [3.8, 4) is 0 Å². The largest absolute Gasteiger partial charge is 0.268 e. The fourth-order valence-corrected chi connectivity index (χ4v) is 19.5. The molecule has 0 N–H and O–H groups in total. The fraction of sp³-hybridized carbons (Fsp3) is 0.0270. The predicted octanol–water partition coefficient (Wildman–Crippen LogP) is 7.50. The van der Waals surface area contributed by atoms with Gasteiger partial charge in [0.1, 0.15) is 31.8 Å². The highest BCUT2D eigenvalue weighted by molar-refractivity contribution is 8.12. The zero-order chi connectivity index (χ0) is 27.3. The van der Waals surface area contributed by atoms with Crippen LogP contribution in [0.1, 0.15) is 0 Å². The standard InChI is InChI=1S/C37H31ClP2/c38-37(39(31-19-7-1-8-20-31,32-21-9-2-10-22-32)33-23-11-3-12-24-33)40(34-25-13-4-14-26-34,35-27-15-5-16-28-35)36-29-17-6-18-30-36/h1-30,37H/q+2. The molecule has 0 heterocycles. The molecule has 6 aromatic rings. The van der Waals surface area contributed by atoms with Gasteiger partial charge in [-0.1, -0.05) is 109 Å². The third kappa shape index (κ3) is 4.52. The molecule has 0 atom stereocenters. The Morgan fingerprint density at radius 1 is 0.275 bits per heavy atom. The minimum atomic E-state index is -2.45. The zero-order valence-electron chi connectivity index (χ0n) is 22.2. The van der Waals surface area contributed by atoms with Gasteiger partial charge in [0.15, 0.2) is 14.5 Å². The van der Waals surface area contributed by atoms with E-state index in [0.717, 1.165) is 0 Å². The van der Waals surface area contributed by atoms with Crippen LogP contribution in [-0.4, -0.2) is 4.86 Å². The second-order valence-electron chi connectivity index (χ2n) is 9.77. The van der Waals surface area contributed by atoms with Crippen molar-refractivity contribution in [3.05, 3.63) is 182 Å². The Kier molecular flexibility index (Phi) is 7.95. The molecule has 0 aromatic heterocycles. The lowest BCUT2D eigenvalue weighted by Crippen LogP contribution is -2.45. The van der Waals surface area contributed by atoms with Crippen LogP contribution in [0.15, 0.2) is 182 Å². The second kappa shape index (κ2) is 11.9. The first-order chi connectivity index (χ1) is 19.8. The van der Waals surface area contributed by atoms with Crippen LogP contribution in [0.4, 0.5) is 0 Å². The summed E-state index contributed by atoms with van der Waals surface area (Å²) in [6, 6.07) is 66.0. The van der Waals surface area contributed by atoms with E-state index in [2.05, 4.69) is 182 Å². The topological polar surface area (TPSA) is 0 Å². The Morgan fingerprint density at radius 2 is 0.425 bits per heavy atom. The Bertz CT molecular complexity index is 1310. The lowest BCUT2D eigenvalue weighted by atomic mass is 10.4. The normalized spacial score (nSPS) is 11.8. The highest BCUT2D eigenvalue weighted by atomic mass is 35.5. The Labute approximate surface area is 244 Å². The summed E-state index contributed by atoms with van der Waals surface area (Å²) in [7, 11) is -4.89. The third-order valence-corrected chi connectivity index (χ3v) is 19.4. The summed E-state index contributed by atoms with van der Waals surface area (Å²) in [5.41, 5.74) is 0. The van der Waals surface area contributed by atoms with Crippen molar-refractivity contribution in [2.24, 2.45) is 0 Å². The number of rotatable bonds is 8. The van der Waals surface area contributed by atoms with Gasteiger partial charge in [0.25, 0.3) is 4.86 Å². The van der Waals surface area contributed by atoms with E-state index in [0.29, 0.717) is 0 Å². The van der Waals surface area contributed by atoms with Gasteiger partial charge in [-0.15, -0.1) is 0 Å². The van der Waals surface area contributed by atoms with Gasteiger partial charge in [-0.3, -0.25) is 0 Å². The lowest BCUT2D eigenvalue weighted by molar-refractivity contribution is 1.65. The van der Waals surface area contributed by atoms with Crippen molar-refractivity contribution in [2.75, 3.05) is 0 Å². The van der Waals surface area contributed by atoms with Crippen molar-refractivity contribution in [2.45, 2.75) is 4.86 Å². The molecule has 0 fully saturated rings. The van der Waals surface area contributed by atoms with Gasteiger partial charge in [0, 0.05) is 0 Å². The van der Waals surface area contributed by atoms with E-state index in [9.17, 15) is 0 Å². The lowest BCUT2D eigenvalue weighted by Gasteiger charge is -2.38. The molecule has 0 radical (unpaired) electrons. The molecule has 6 aromatic carbocycles. The first-order valence-electron chi connectivity index (χ1n) is 13.5. The van der Waals surface area contributed by atoms with Crippen molar-refractivity contribution in [1.29, 1.82) is 0 Å². The molecular formula is C37H31ClP2+2. The molecule has 6 rings (SSSR count). The molecule has 40 heavy (non-hydrogen) atoms. The van der Waals surface area contributed by atoms with Crippen molar-refractivity contribution < 1.29 is 0 Å². The van der Waals surface area contributed by atoms with E-state index in [-0.39, 0.29) is 4.86 Å². The Balaban J connectivity index is 1.81. The number of hydrogen-bond acceptors (Lipinski definition) is 0. The maximum atomic E-state index is 8.43. The fourth-order valence-electron chi connectivity index (χ4n) is 5.87. The summed E-state index contributed by atoms with van der Waals surface area (Å²) >= 11 is 8.43. The van der Waals surface area contributed by atoms with Crippen molar-refractivity contribution in [3.63, 3.8) is 0 Å². The molecule has 0 saturated heterocycles. The third-order valence-electron chi connectivity index (χ3n) is 7.62. The van der Waals surface area contributed by atoms with Crippen LogP contribution in [0, 0.1) is 0 Å². The van der Waals surface area contributed by atoms with Crippen molar-refractivity contribution >= 4 is 58.0 Å². The van der Waals surface area contributed by atoms with E-state index >= 15 is 0 Å². The highest BCUT2D eigenvalue weighted by Crippen LogP contribution is 2.78. The SMILES string of the molecule is ClC([P+](c1ccccc1)(c1ccccc1)c1ccccc1)[P+](c1ccccc1)(c1ccccc1)c1ccccc1. The number of benzene rings is 6. The average molecular weight is 573 g/mol. The van der Waals surface area contributed by atoms with Gasteiger partial charge < -0.3 is 0 Å². The second-order valence-corrected chi connectivity index (χ2v) is 18.2. The molecule has 0 amide bonds. The molecule has 0 nitrogen and oxygen atoms in total. The van der Waals surface area contributed by atoms with Crippen LogP contribution >= 0.6 is 26.1 Å². The van der Waals surface area contributed by atoms with Crippen molar-refractivity contribution in [1.82, 2.24) is 0 Å². The van der Waals surface area contributed by atoms with Gasteiger partial charge >= 0.3 is 0 Å². The van der Waals surface area contributed by atoms with Crippen LogP contribution in [0.3, 0.4) is 0 Å². The minimum Gasteiger partial charge on any atom is -0.0620 e. The quantitative estimate of drug-likeness (QED) is 0.131. The molecule has 0 aliphatic carbocycles. The van der Waals surface area contributed by atoms with E-state index in [1.54, 1.807) is 0 Å². The zero-order valence-corrected chi connectivity index (χ0v) is 24.7. The summed E-state index contributed by atoms with van der Waals surface area (Å²) in [4.78, 5) is -0.251. The van der Waals surface area contributed by atoms with E-state index in [1.807, 2.05) is 0 Å². The number of alkyl halides is 1. The minimum absolute atomic E-state index is 0.251. The molecule has 0 aliphatic rings. The molecule has 194 valence electrons. The Morgan fingerprint density at radius 3 is 0.575 bits per heavy atom. The number of hydrogen-bond donors (Lipinski definition) is 0. The molecular weight excluding hydrogens is 542 g/mol. The van der Waals surface area contributed by atoms with Gasteiger partial charge in [-0.2, -0.15) is 0 Å². The molecule has 0 saturated carbocycles. The van der Waals surface area contributed by atoms with E-state index in [4.69, 9.17) is 11.6 Å². The maximum absolute atomic E-state index is 8.43. The Hall–Kier alpha value is -3.53. The van der Waals surface area contributed by atoms with Crippen LogP contribution in [0.5, 0.6) is 0 Å². The number of halogens is 1. The highest BCUT2D eigenvalue weighted by Gasteiger charge is 2.68. The molecule has 0 bridgehead atoms. The smallest absolute Gasteiger partial charge is 0.0620 e. The molecule has 0 unspecified atom stereocenters. The predicted molar refractivity (Wildman–Crippen MR) is 180 cm³/mol. The average Bonchev–Trinajstić information content (AvgIpc) is 3.05. The van der Waals surface area contributed by atoms with E-state index < -0.39 is 14.5 Å². The first kappa shape index (κ1) is 26.7. The van der Waals surface area contributed by atoms with Gasteiger partial charge in [0.2, 0.25) is 0 Å². The van der Waals surface area contributed by atoms with Crippen LogP contribution in [-0.2, 0) is 0 Å².